The summed E-state index contributed by atoms with van der Waals surface area (Å²) in [5, 5.41) is 0. The van der Waals surface area contributed by atoms with Gasteiger partial charge in [0, 0.05) is 19.3 Å². The predicted octanol–water partition coefficient (Wildman–Crippen LogP) is 2.58. The molecule has 0 bridgehead atoms. The summed E-state index contributed by atoms with van der Waals surface area (Å²) in [6, 6.07) is 9.17. The van der Waals surface area contributed by atoms with Crippen molar-refractivity contribution in [1.29, 1.82) is 0 Å². The number of rotatable bonds is 6. The minimum Gasteiger partial charge on any atom is -0.381 e. The number of nitrogens with two attached hydrogens (primary N) is 1. The van der Waals surface area contributed by atoms with Gasteiger partial charge >= 0.3 is 0 Å². The van der Waals surface area contributed by atoms with Crippen molar-refractivity contribution >= 4 is 0 Å². The second kappa shape index (κ2) is 7.63. The Balaban J connectivity index is 1.78. The summed E-state index contributed by atoms with van der Waals surface area (Å²) < 4.78 is 5.41. The van der Waals surface area contributed by atoms with Crippen molar-refractivity contribution in [3.05, 3.63) is 35.4 Å². The molecule has 2 rings (SSSR count). The zero-order valence-electron chi connectivity index (χ0n) is 11.9. The van der Waals surface area contributed by atoms with Gasteiger partial charge < -0.3 is 4.74 Å². The molecule has 3 nitrogen and oxygen atoms in total. The molecule has 1 aliphatic rings. The fraction of sp³-hybridized carbons (Fsp3) is 0.625. The van der Waals surface area contributed by atoms with E-state index in [1.807, 2.05) is 0 Å². The Labute approximate surface area is 116 Å². The number of hydrogen-bond donors (Lipinski definition) is 2. The van der Waals surface area contributed by atoms with E-state index < -0.39 is 0 Å². The summed E-state index contributed by atoms with van der Waals surface area (Å²) >= 11 is 0. The molecule has 0 radical (unpaired) electrons. The van der Waals surface area contributed by atoms with Crippen LogP contribution in [0.1, 0.15) is 36.8 Å². The van der Waals surface area contributed by atoms with Gasteiger partial charge in [0.1, 0.15) is 0 Å². The van der Waals surface area contributed by atoms with Crippen molar-refractivity contribution in [1.82, 2.24) is 5.43 Å². The van der Waals surface area contributed by atoms with Gasteiger partial charge in [0.2, 0.25) is 0 Å². The second-order valence-corrected chi connectivity index (χ2v) is 5.68. The van der Waals surface area contributed by atoms with Crippen LogP contribution >= 0.6 is 0 Å². The maximum Gasteiger partial charge on any atom is 0.0468 e. The van der Waals surface area contributed by atoms with Crippen molar-refractivity contribution in [2.24, 2.45) is 11.8 Å². The first-order valence-electron chi connectivity index (χ1n) is 7.37. The Morgan fingerprint density at radius 1 is 1.37 bits per heavy atom. The average Bonchev–Trinajstić information content (AvgIpc) is 2.44. The zero-order chi connectivity index (χ0) is 13.5. The third-order valence-corrected chi connectivity index (χ3v) is 4.06. The van der Waals surface area contributed by atoms with Gasteiger partial charge in [-0.05, 0) is 50.5 Å². The quantitative estimate of drug-likeness (QED) is 0.612. The van der Waals surface area contributed by atoms with Crippen molar-refractivity contribution in [2.75, 3.05) is 13.2 Å². The number of nitrogens with one attached hydrogen (secondary N) is 1. The first-order valence-corrected chi connectivity index (χ1v) is 7.37. The molecule has 0 aliphatic carbocycles. The lowest BCUT2D eigenvalue weighted by Gasteiger charge is -2.26. The highest BCUT2D eigenvalue weighted by atomic mass is 16.5. The molecule has 0 saturated carbocycles. The van der Waals surface area contributed by atoms with Gasteiger partial charge in [-0.25, -0.2) is 0 Å². The number of benzene rings is 1. The van der Waals surface area contributed by atoms with Crippen LogP contribution in [0.4, 0.5) is 0 Å². The van der Waals surface area contributed by atoms with Crippen LogP contribution in [0.15, 0.2) is 24.3 Å². The molecule has 1 aromatic rings. The van der Waals surface area contributed by atoms with Crippen LogP contribution in [-0.2, 0) is 11.2 Å². The Hall–Kier alpha value is -0.900. The van der Waals surface area contributed by atoms with Gasteiger partial charge in [0.15, 0.2) is 0 Å². The predicted molar refractivity (Wildman–Crippen MR) is 78.8 cm³/mol. The molecule has 0 aromatic heterocycles. The monoisotopic (exact) mass is 262 g/mol. The lowest BCUT2D eigenvalue weighted by Crippen LogP contribution is -2.37. The third-order valence-electron chi connectivity index (χ3n) is 4.06. The highest BCUT2D eigenvalue weighted by molar-refractivity contribution is 5.22. The summed E-state index contributed by atoms with van der Waals surface area (Å²) in [5.74, 6) is 6.47. The maximum absolute atomic E-state index is 5.70. The van der Waals surface area contributed by atoms with Crippen LogP contribution in [0, 0.1) is 12.8 Å². The van der Waals surface area contributed by atoms with Crippen LogP contribution in [0.2, 0.25) is 0 Å². The first kappa shape index (κ1) is 14.5. The van der Waals surface area contributed by atoms with Crippen LogP contribution in [0.25, 0.3) is 0 Å². The smallest absolute Gasteiger partial charge is 0.0468 e. The Kier molecular flexibility index (Phi) is 5.83. The molecule has 106 valence electrons. The van der Waals surface area contributed by atoms with Crippen LogP contribution in [0.5, 0.6) is 0 Å². The van der Waals surface area contributed by atoms with Crippen molar-refractivity contribution < 1.29 is 4.74 Å². The minimum absolute atomic E-state index is 0.420. The van der Waals surface area contributed by atoms with E-state index >= 15 is 0 Å². The van der Waals surface area contributed by atoms with Crippen molar-refractivity contribution in [3.8, 4) is 0 Å². The van der Waals surface area contributed by atoms with E-state index in [0.29, 0.717) is 6.04 Å². The Morgan fingerprint density at radius 2 is 2.16 bits per heavy atom. The number of aryl methyl sites for hydroxylation is 2. The summed E-state index contributed by atoms with van der Waals surface area (Å²) in [4.78, 5) is 0. The van der Waals surface area contributed by atoms with Gasteiger partial charge in [-0.1, -0.05) is 29.8 Å². The van der Waals surface area contributed by atoms with E-state index in [4.69, 9.17) is 10.6 Å². The van der Waals surface area contributed by atoms with Crippen molar-refractivity contribution in [2.45, 2.75) is 45.1 Å². The van der Waals surface area contributed by atoms with E-state index in [9.17, 15) is 0 Å². The van der Waals surface area contributed by atoms with E-state index in [1.165, 1.54) is 30.4 Å². The second-order valence-electron chi connectivity index (χ2n) is 5.68. The van der Waals surface area contributed by atoms with Crippen molar-refractivity contribution in [3.63, 3.8) is 0 Å². The number of hydrogen-bond acceptors (Lipinski definition) is 3. The topological polar surface area (TPSA) is 47.3 Å². The Bertz CT molecular complexity index is 375. The van der Waals surface area contributed by atoms with E-state index in [-0.39, 0.29) is 0 Å². The summed E-state index contributed by atoms with van der Waals surface area (Å²) in [6.07, 6.45) is 5.74. The fourth-order valence-electron chi connectivity index (χ4n) is 2.86. The van der Waals surface area contributed by atoms with Crippen LogP contribution in [0.3, 0.4) is 0 Å². The summed E-state index contributed by atoms with van der Waals surface area (Å²) in [5.41, 5.74) is 5.74. The largest absolute Gasteiger partial charge is 0.381 e. The number of ether oxygens (including phenoxy) is 1. The molecule has 0 spiro atoms. The standard InChI is InChI=1S/C16H26N2O/c1-13-3-2-4-14(11-13)5-6-16(18-17)12-15-7-9-19-10-8-15/h2-4,11,15-16,18H,5-10,12,17H2,1H3. The minimum atomic E-state index is 0.420. The fourth-order valence-corrected chi connectivity index (χ4v) is 2.86. The molecule has 1 fully saturated rings. The van der Waals surface area contributed by atoms with Crippen LogP contribution in [-0.4, -0.2) is 19.3 Å². The molecule has 1 aromatic carbocycles. The third kappa shape index (κ3) is 4.94. The molecule has 1 aliphatic heterocycles. The lowest BCUT2D eigenvalue weighted by molar-refractivity contribution is 0.0602. The molecule has 1 saturated heterocycles. The maximum atomic E-state index is 5.70. The highest BCUT2D eigenvalue weighted by Gasteiger charge is 2.18. The summed E-state index contributed by atoms with van der Waals surface area (Å²) in [6.45, 7) is 3.98. The molecule has 1 unspecified atom stereocenters. The normalized spacial score (nSPS) is 18.4. The summed E-state index contributed by atoms with van der Waals surface area (Å²) in [7, 11) is 0. The molecular formula is C16H26N2O. The van der Waals surface area contributed by atoms with Crippen LogP contribution < -0.4 is 11.3 Å². The molecule has 19 heavy (non-hydrogen) atoms. The highest BCUT2D eigenvalue weighted by Crippen LogP contribution is 2.21. The van der Waals surface area contributed by atoms with Gasteiger partial charge in [0.25, 0.3) is 0 Å². The van der Waals surface area contributed by atoms with Gasteiger partial charge in [-0.15, -0.1) is 0 Å². The molecular weight excluding hydrogens is 236 g/mol. The molecule has 1 heterocycles. The Morgan fingerprint density at radius 3 is 2.84 bits per heavy atom. The SMILES string of the molecule is Cc1cccc(CCC(CC2CCOCC2)NN)c1. The molecule has 3 N–H and O–H groups in total. The van der Waals surface area contributed by atoms with E-state index in [0.717, 1.165) is 32.0 Å². The number of hydrazine groups is 1. The van der Waals surface area contributed by atoms with Gasteiger partial charge in [-0.2, -0.15) is 0 Å². The van der Waals surface area contributed by atoms with E-state index in [1.54, 1.807) is 0 Å². The molecule has 0 amide bonds. The average molecular weight is 262 g/mol. The molecule has 1 atom stereocenters. The zero-order valence-corrected chi connectivity index (χ0v) is 11.9. The lowest BCUT2D eigenvalue weighted by atomic mass is 9.90. The molecule has 3 heteroatoms. The van der Waals surface area contributed by atoms with E-state index in [2.05, 4.69) is 36.6 Å². The van der Waals surface area contributed by atoms with Gasteiger partial charge in [-0.3, -0.25) is 11.3 Å². The first-order chi connectivity index (χ1) is 9.28. The van der Waals surface area contributed by atoms with Gasteiger partial charge in [0.05, 0.1) is 0 Å².